The van der Waals surface area contributed by atoms with Crippen molar-refractivity contribution in [3.05, 3.63) is 46.7 Å². The van der Waals surface area contributed by atoms with Gasteiger partial charge in [0.2, 0.25) is 5.95 Å². The summed E-state index contributed by atoms with van der Waals surface area (Å²) in [6.45, 7) is 7.10. The Balaban J connectivity index is 2.32. The molecule has 1 aromatic carbocycles. The Kier molecular flexibility index (Phi) is 3.92. The lowest BCUT2D eigenvalue weighted by Gasteiger charge is -2.17. The van der Waals surface area contributed by atoms with Gasteiger partial charge in [-0.3, -0.25) is 0 Å². The Morgan fingerprint density at radius 3 is 2.61 bits per heavy atom. The van der Waals surface area contributed by atoms with Crippen LogP contribution in [-0.2, 0) is 0 Å². The molecule has 0 saturated heterocycles. The summed E-state index contributed by atoms with van der Waals surface area (Å²) < 4.78 is 2.15. The number of hydrogen-bond donors (Lipinski definition) is 1. The quantitative estimate of drug-likeness (QED) is 0.907. The van der Waals surface area contributed by atoms with Crippen LogP contribution in [0.2, 0.25) is 5.02 Å². The molecule has 0 saturated carbocycles. The summed E-state index contributed by atoms with van der Waals surface area (Å²) in [5, 5.41) is 4.05. The van der Waals surface area contributed by atoms with Crippen molar-refractivity contribution < 1.29 is 0 Å². The van der Waals surface area contributed by atoms with E-state index in [9.17, 15) is 0 Å². The van der Waals surface area contributed by atoms with E-state index in [0.717, 1.165) is 23.2 Å². The van der Waals surface area contributed by atoms with Gasteiger partial charge in [0.25, 0.3) is 0 Å². The smallest absolute Gasteiger partial charge is 0.203 e. The van der Waals surface area contributed by atoms with Crippen LogP contribution >= 0.6 is 11.6 Å². The largest absolute Gasteiger partial charge is 0.356 e. The molecule has 1 atom stereocenters. The molecule has 2 aromatic rings. The highest BCUT2D eigenvalue weighted by molar-refractivity contribution is 6.30. The van der Waals surface area contributed by atoms with E-state index in [1.807, 2.05) is 19.1 Å². The zero-order chi connectivity index (χ0) is 13.1. The maximum Gasteiger partial charge on any atom is 0.203 e. The Morgan fingerprint density at radius 2 is 2.00 bits per heavy atom. The van der Waals surface area contributed by atoms with Crippen molar-refractivity contribution in [2.24, 2.45) is 0 Å². The average molecular weight is 264 g/mol. The number of anilines is 1. The molecule has 0 aliphatic carbocycles. The SMILES string of the molecule is CCNc1nc(C)cn1C(C)c1ccc(Cl)cc1. The first-order chi connectivity index (χ1) is 8.61. The second kappa shape index (κ2) is 5.44. The summed E-state index contributed by atoms with van der Waals surface area (Å²) in [7, 11) is 0. The first-order valence-electron chi connectivity index (χ1n) is 6.16. The molecule has 0 radical (unpaired) electrons. The van der Waals surface area contributed by atoms with Gasteiger partial charge in [-0.2, -0.15) is 0 Å². The van der Waals surface area contributed by atoms with Crippen LogP contribution in [-0.4, -0.2) is 16.1 Å². The average Bonchev–Trinajstić information content (AvgIpc) is 2.71. The topological polar surface area (TPSA) is 29.9 Å². The van der Waals surface area contributed by atoms with Crippen molar-refractivity contribution in [1.82, 2.24) is 9.55 Å². The number of hydrogen-bond acceptors (Lipinski definition) is 2. The van der Waals surface area contributed by atoms with Gasteiger partial charge in [0, 0.05) is 17.8 Å². The fourth-order valence-electron chi connectivity index (χ4n) is 2.00. The molecule has 96 valence electrons. The summed E-state index contributed by atoms with van der Waals surface area (Å²) >= 11 is 5.92. The van der Waals surface area contributed by atoms with Crippen LogP contribution in [0.15, 0.2) is 30.5 Å². The molecule has 1 aromatic heterocycles. The zero-order valence-electron chi connectivity index (χ0n) is 10.9. The number of nitrogens with one attached hydrogen (secondary N) is 1. The van der Waals surface area contributed by atoms with Crippen LogP contribution < -0.4 is 5.32 Å². The minimum Gasteiger partial charge on any atom is -0.356 e. The van der Waals surface area contributed by atoms with Crippen LogP contribution in [0.3, 0.4) is 0 Å². The number of nitrogens with zero attached hydrogens (tertiary/aromatic N) is 2. The first-order valence-corrected chi connectivity index (χ1v) is 6.54. The molecule has 0 amide bonds. The van der Waals surface area contributed by atoms with E-state index in [4.69, 9.17) is 11.6 Å². The van der Waals surface area contributed by atoms with Crippen LogP contribution in [0.25, 0.3) is 0 Å². The van der Waals surface area contributed by atoms with E-state index in [1.54, 1.807) is 0 Å². The van der Waals surface area contributed by atoms with Gasteiger partial charge >= 0.3 is 0 Å². The van der Waals surface area contributed by atoms with Crippen molar-refractivity contribution in [2.75, 3.05) is 11.9 Å². The highest BCUT2D eigenvalue weighted by atomic mass is 35.5. The number of halogens is 1. The first kappa shape index (κ1) is 13.0. The number of aryl methyl sites for hydroxylation is 1. The molecule has 3 nitrogen and oxygen atoms in total. The molecular weight excluding hydrogens is 246 g/mol. The van der Waals surface area contributed by atoms with Gasteiger partial charge in [-0.05, 0) is 38.5 Å². The maximum absolute atomic E-state index is 5.92. The minimum atomic E-state index is 0.234. The highest BCUT2D eigenvalue weighted by Crippen LogP contribution is 2.24. The van der Waals surface area contributed by atoms with E-state index in [1.165, 1.54) is 5.56 Å². The molecule has 0 aliphatic heterocycles. The van der Waals surface area contributed by atoms with Crippen LogP contribution in [0.4, 0.5) is 5.95 Å². The van der Waals surface area contributed by atoms with E-state index in [2.05, 4.69) is 47.0 Å². The minimum absolute atomic E-state index is 0.234. The van der Waals surface area contributed by atoms with Crippen molar-refractivity contribution in [3.63, 3.8) is 0 Å². The van der Waals surface area contributed by atoms with E-state index < -0.39 is 0 Å². The molecule has 0 aliphatic rings. The third-order valence-corrected chi connectivity index (χ3v) is 3.21. The second-order valence-corrected chi connectivity index (χ2v) is 4.81. The zero-order valence-corrected chi connectivity index (χ0v) is 11.7. The Morgan fingerprint density at radius 1 is 1.33 bits per heavy atom. The van der Waals surface area contributed by atoms with Crippen LogP contribution in [0.1, 0.15) is 31.1 Å². The maximum atomic E-state index is 5.92. The summed E-state index contributed by atoms with van der Waals surface area (Å²) in [6, 6.07) is 8.18. The fraction of sp³-hybridized carbons (Fsp3) is 0.357. The van der Waals surface area contributed by atoms with Gasteiger partial charge in [-0.25, -0.2) is 4.98 Å². The summed E-state index contributed by atoms with van der Waals surface area (Å²) in [5.41, 5.74) is 2.24. The third-order valence-electron chi connectivity index (χ3n) is 2.96. The van der Waals surface area contributed by atoms with Gasteiger partial charge < -0.3 is 9.88 Å². The highest BCUT2D eigenvalue weighted by Gasteiger charge is 2.13. The van der Waals surface area contributed by atoms with Crippen molar-refractivity contribution >= 4 is 17.5 Å². The van der Waals surface area contributed by atoms with E-state index >= 15 is 0 Å². The molecule has 18 heavy (non-hydrogen) atoms. The van der Waals surface area contributed by atoms with Crippen LogP contribution in [0.5, 0.6) is 0 Å². The summed E-state index contributed by atoms with van der Waals surface area (Å²) in [4.78, 5) is 4.49. The standard InChI is InChI=1S/C14H18ClN3/c1-4-16-14-17-10(2)9-18(14)11(3)12-5-7-13(15)8-6-12/h5-9,11H,4H2,1-3H3,(H,16,17). The third kappa shape index (κ3) is 2.67. The molecule has 1 N–H and O–H groups in total. The molecule has 1 unspecified atom stereocenters. The normalized spacial score (nSPS) is 12.4. The van der Waals surface area contributed by atoms with E-state index in [-0.39, 0.29) is 6.04 Å². The molecule has 0 fully saturated rings. The number of imidazole rings is 1. The second-order valence-electron chi connectivity index (χ2n) is 4.37. The summed E-state index contributed by atoms with van der Waals surface area (Å²) in [6.07, 6.45) is 2.07. The lowest BCUT2D eigenvalue weighted by molar-refractivity contribution is 0.643. The van der Waals surface area contributed by atoms with E-state index in [0.29, 0.717) is 0 Å². The van der Waals surface area contributed by atoms with Gasteiger partial charge in [-0.1, -0.05) is 23.7 Å². The van der Waals surface area contributed by atoms with Crippen molar-refractivity contribution in [2.45, 2.75) is 26.8 Å². The van der Waals surface area contributed by atoms with Crippen LogP contribution in [0, 0.1) is 6.92 Å². The lowest BCUT2D eigenvalue weighted by atomic mass is 10.1. The van der Waals surface area contributed by atoms with Crippen molar-refractivity contribution in [3.8, 4) is 0 Å². The number of benzene rings is 1. The lowest BCUT2D eigenvalue weighted by Crippen LogP contribution is -2.11. The molecule has 1 heterocycles. The summed E-state index contributed by atoms with van der Waals surface area (Å²) in [5.74, 6) is 0.914. The number of rotatable bonds is 4. The van der Waals surface area contributed by atoms with Gasteiger partial charge in [0.1, 0.15) is 0 Å². The van der Waals surface area contributed by atoms with Gasteiger partial charge in [-0.15, -0.1) is 0 Å². The molecule has 2 rings (SSSR count). The monoisotopic (exact) mass is 263 g/mol. The Labute approximate surface area is 113 Å². The molecule has 4 heteroatoms. The van der Waals surface area contributed by atoms with Gasteiger partial charge in [0.05, 0.1) is 11.7 Å². The van der Waals surface area contributed by atoms with Crippen molar-refractivity contribution in [1.29, 1.82) is 0 Å². The Bertz CT molecular complexity index is 516. The predicted molar refractivity (Wildman–Crippen MR) is 76.4 cm³/mol. The fourth-order valence-corrected chi connectivity index (χ4v) is 2.13. The van der Waals surface area contributed by atoms with Gasteiger partial charge in [0.15, 0.2) is 0 Å². The Hall–Kier alpha value is -1.48. The molecule has 0 bridgehead atoms. The number of aromatic nitrogens is 2. The molecule has 0 spiro atoms. The molecular formula is C14H18ClN3. The predicted octanol–water partition coefficient (Wildman–Crippen LogP) is 3.89.